The Balaban J connectivity index is 3.17. The molecular formula is C12H16N2O2. The van der Waals surface area contributed by atoms with Crippen molar-refractivity contribution in [1.29, 1.82) is 0 Å². The molecule has 0 aliphatic heterocycles. The van der Waals surface area contributed by atoms with Crippen molar-refractivity contribution in [2.45, 2.75) is 20.3 Å². The van der Waals surface area contributed by atoms with Gasteiger partial charge < -0.3 is 5.11 Å². The summed E-state index contributed by atoms with van der Waals surface area (Å²) in [6, 6.07) is 0. The molecule has 0 saturated heterocycles. The Hall–Kier alpha value is -1.84. The number of aliphatic carboxylic acids is 1. The number of aromatic nitrogens is 2. The number of nitrogens with zero attached hydrogens (tertiary/aromatic N) is 2. The second-order valence-electron chi connectivity index (χ2n) is 3.66. The zero-order chi connectivity index (χ0) is 12.3. The normalized spacial score (nSPS) is 11.6. The van der Waals surface area contributed by atoms with Gasteiger partial charge in [0.25, 0.3) is 0 Å². The van der Waals surface area contributed by atoms with Gasteiger partial charge in [-0.3, -0.25) is 4.68 Å². The number of hydrogen-bond donors (Lipinski definition) is 1. The Bertz CT molecular complexity index is 456. The molecule has 0 atom stereocenters. The Labute approximate surface area is 94.9 Å². The van der Waals surface area contributed by atoms with Crippen molar-refractivity contribution < 1.29 is 9.90 Å². The molecule has 0 aliphatic carbocycles. The Kier molecular flexibility index (Phi) is 3.66. The van der Waals surface area contributed by atoms with Gasteiger partial charge in [0.05, 0.1) is 11.3 Å². The molecule has 1 aromatic rings. The standard InChI is InChI=1S/C12H16N2O2/c1-5-8(2)11(12(15)16)6-10-7-14(4)13-9(10)3/h6-7H,2,5H2,1,3-4H3,(H,15,16). The van der Waals surface area contributed by atoms with Gasteiger partial charge >= 0.3 is 5.97 Å². The molecule has 1 rings (SSSR count). The first-order valence-corrected chi connectivity index (χ1v) is 5.09. The molecule has 16 heavy (non-hydrogen) atoms. The van der Waals surface area contributed by atoms with Gasteiger partial charge in [-0.1, -0.05) is 13.5 Å². The van der Waals surface area contributed by atoms with Crippen LogP contribution in [0.4, 0.5) is 0 Å². The molecule has 0 fully saturated rings. The molecule has 4 heteroatoms. The number of carbonyl (C=O) groups is 1. The molecule has 0 aliphatic rings. The lowest BCUT2D eigenvalue weighted by Gasteiger charge is -2.02. The highest BCUT2D eigenvalue weighted by molar-refractivity contribution is 5.97. The molecule has 4 nitrogen and oxygen atoms in total. The van der Waals surface area contributed by atoms with E-state index in [-0.39, 0.29) is 5.57 Å². The van der Waals surface area contributed by atoms with Crippen LogP contribution in [0.15, 0.2) is 23.9 Å². The lowest BCUT2D eigenvalue weighted by Crippen LogP contribution is -2.02. The number of carboxylic acids is 1. The molecule has 0 radical (unpaired) electrons. The highest BCUT2D eigenvalue weighted by Crippen LogP contribution is 2.17. The van der Waals surface area contributed by atoms with Crippen molar-refractivity contribution in [3.63, 3.8) is 0 Å². The topological polar surface area (TPSA) is 55.1 Å². The summed E-state index contributed by atoms with van der Waals surface area (Å²) in [6.07, 6.45) is 4.04. The van der Waals surface area contributed by atoms with Crippen molar-refractivity contribution in [2.75, 3.05) is 0 Å². The van der Waals surface area contributed by atoms with E-state index in [4.69, 9.17) is 5.11 Å². The highest BCUT2D eigenvalue weighted by Gasteiger charge is 2.11. The minimum absolute atomic E-state index is 0.249. The van der Waals surface area contributed by atoms with E-state index in [9.17, 15) is 4.79 Å². The first-order chi connectivity index (χ1) is 7.45. The third-order valence-electron chi connectivity index (χ3n) is 2.39. The van der Waals surface area contributed by atoms with Gasteiger partial charge in [0.2, 0.25) is 0 Å². The van der Waals surface area contributed by atoms with E-state index in [0.717, 1.165) is 11.3 Å². The Morgan fingerprint density at radius 1 is 1.69 bits per heavy atom. The minimum atomic E-state index is -0.949. The molecule has 0 spiro atoms. The number of hydrogen-bond acceptors (Lipinski definition) is 2. The molecule has 1 N–H and O–H groups in total. The van der Waals surface area contributed by atoms with Crippen molar-refractivity contribution in [2.24, 2.45) is 7.05 Å². The molecule has 0 saturated carbocycles. The molecule has 1 aromatic heterocycles. The summed E-state index contributed by atoms with van der Waals surface area (Å²) in [5.74, 6) is -0.949. The van der Waals surface area contributed by atoms with Crippen molar-refractivity contribution in [3.8, 4) is 0 Å². The van der Waals surface area contributed by atoms with Crippen molar-refractivity contribution >= 4 is 12.0 Å². The second kappa shape index (κ2) is 4.79. The largest absolute Gasteiger partial charge is 0.478 e. The lowest BCUT2D eigenvalue weighted by molar-refractivity contribution is -0.132. The monoisotopic (exact) mass is 220 g/mol. The summed E-state index contributed by atoms with van der Waals surface area (Å²) in [6.45, 7) is 7.48. The predicted molar refractivity (Wildman–Crippen MR) is 63.0 cm³/mol. The van der Waals surface area contributed by atoms with Gasteiger partial charge in [-0.2, -0.15) is 5.10 Å². The number of carboxylic acid groups (broad SMARTS) is 1. The number of aryl methyl sites for hydroxylation is 2. The van der Waals surface area contributed by atoms with E-state index >= 15 is 0 Å². The third-order valence-corrected chi connectivity index (χ3v) is 2.39. The van der Waals surface area contributed by atoms with E-state index in [1.165, 1.54) is 0 Å². The maximum absolute atomic E-state index is 11.1. The summed E-state index contributed by atoms with van der Waals surface area (Å²) < 4.78 is 1.66. The summed E-state index contributed by atoms with van der Waals surface area (Å²) >= 11 is 0. The van der Waals surface area contributed by atoms with E-state index in [1.807, 2.05) is 13.8 Å². The van der Waals surface area contributed by atoms with Crippen LogP contribution < -0.4 is 0 Å². The van der Waals surface area contributed by atoms with Gasteiger partial charge in [0.15, 0.2) is 0 Å². The summed E-state index contributed by atoms with van der Waals surface area (Å²) in [5, 5.41) is 13.2. The van der Waals surface area contributed by atoms with Crippen LogP contribution in [0, 0.1) is 6.92 Å². The Morgan fingerprint density at radius 2 is 2.31 bits per heavy atom. The third kappa shape index (κ3) is 2.59. The number of rotatable bonds is 4. The van der Waals surface area contributed by atoms with Gasteiger partial charge in [0.1, 0.15) is 0 Å². The van der Waals surface area contributed by atoms with E-state index in [2.05, 4.69) is 11.7 Å². The molecule has 86 valence electrons. The van der Waals surface area contributed by atoms with Gasteiger partial charge in [0, 0.05) is 18.8 Å². The van der Waals surface area contributed by atoms with Crippen LogP contribution in [0.5, 0.6) is 0 Å². The van der Waals surface area contributed by atoms with Gasteiger partial charge in [-0.15, -0.1) is 0 Å². The van der Waals surface area contributed by atoms with E-state index in [1.54, 1.807) is 24.0 Å². The molecular weight excluding hydrogens is 204 g/mol. The second-order valence-corrected chi connectivity index (χ2v) is 3.66. The minimum Gasteiger partial charge on any atom is -0.478 e. The molecule has 0 bridgehead atoms. The van der Waals surface area contributed by atoms with E-state index < -0.39 is 5.97 Å². The van der Waals surface area contributed by atoms with Crippen molar-refractivity contribution in [1.82, 2.24) is 9.78 Å². The van der Waals surface area contributed by atoms with Gasteiger partial charge in [-0.25, -0.2) is 4.79 Å². The first-order valence-electron chi connectivity index (χ1n) is 5.09. The maximum Gasteiger partial charge on any atom is 0.335 e. The molecule has 0 amide bonds. The zero-order valence-electron chi connectivity index (χ0n) is 9.82. The Morgan fingerprint density at radius 3 is 2.69 bits per heavy atom. The fourth-order valence-corrected chi connectivity index (χ4v) is 1.42. The van der Waals surface area contributed by atoms with Crippen LogP contribution in [0.2, 0.25) is 0 Å². The van der Waals surface area contributed by atoms with Crippen LogP contribution in [0.25, 0.3) is 6.08 Å². The van der Waals surface area contributed by atoms with Crippen LogP contribution in [-0.2, 0) is 11.8 Å². The first kappa shape index (κ1) is 12.2. The SMILES string of the molecule is C=C(CC)C(=Cc1cn(C)nc1C)C(=O)O. The summed E-state index contributed by atoms with van der Waals surface area (Å²) in [7, 11) is 1.80. The zero-order valence-corrected chi connectivity index (χ0v) is 9.82. The van der Waals surface area contributed by atoms with Crippen LogP contribution in [0.1, 0.15) is 24.6 Å². The smallest absolute Gasteiger partial charge is 0.335 e. The fraction of sp³-hybridized carbons (Fsp3) is 0.333. The summed E-state index contributed by atoms with van der Waals surface area (Å²) in [4.78, 5) is 11.1. The average Bonchev–Trinajstić information content (AvgIpc) is 2.52. The highest BCUT2D eigenvalue weighted by atomic mass is 16.4. The van der Waals surface area contributed by atoms with Crippen LogP contribution in [-0.4, -0.2) is 20.9 Å². The fourth-order valence-electron chi connectivity index (χ4n) is 1.42. The van der Waals surface area contributed by atoms with Crippen molar-refractivity contribution in [3.05, 3.63) is 35.2 Å². The molecule has 1 heterocycles. The lowest BCUT2D eigenvalue weighted by atomic mass is 10.0. The predicted octanol–water partition coefficient (Wildman–Crippen LogP) is 2.16. The average molecular weight is 220 g/mol. The van der Waals surface area contributed by atoms with E-state index in [0.29, 0.717) is 12.0 Å². The molecule has 0 unspecified atom stereocenters. The van der Waals surface area contributed by atoms with Crippen LogP contribution >= 0.6 is 0 Å². The molecule has 0 aromatic carbocycles. The van der Waals surface area contributed by atoms with Gasteiger partial charge in [-0.05, 0) is 25.0 Å². The van der Waals surface area contributed by atoms with Crippen LogP contribution in [0.3, 0.4) is 0 Å². The quantitative estimate of drug-likeness (QED) is 0.625. The maximum atomic E-state index is 11.1. The summed E-state index contributed by atoms with van der Waals surface area (Å²) in [5.41, 5.74) is 2.49.